The summed E-state index contributed by atoms with van der Waals surface area (Å²) in [5, 5.41) is 17.1. The lowest BCUT2D eigenvalue weighted by Gasteiger charge is -2.30. The molecular formula is C31H41N5O3. The number of rotatable bonds is 13. The van der Waals surface area contributed by atoms with E-state index in [1.807, 2.05) is 92.7 Å². The summed E-state index contributed by atoms with van der Waals surface area (Å²) in [6.07, 6.45) is 2.18. The summed E-state index contributed by atoms with van der Waals surface area (Å²) in [5.41, 5.74) is 9.23. The van der Waals surface area contributed by atoms with Gasteiger partial charge < -0.3 is 26.4 Å². The molecule has 5 N–H and O–H groups in total. The summed E-state index contributed by atoms with van der Waals surface area (Å²) in [6.45, 7) is 4.07. The average molecular weight is 532 g/mol. The molecule has 0 unspecified atom stereocenters. The van der Waals surface area contributed by atoms with E-state index in [2.05, 4.69) is 15.6 Å². The largest absolute Gasteiger partial charge is 0.391 e. The molecule has 0 aliphatic carbocycles. The standard InChI is InChI=1S/C31H41N5O3/c1-22(2)29(35-31(39)36(3)21-26-16-10-11-17-33-26)30(38)34-27(19-24-14-8-5-9-15-24)28(37)20-25(32)18-23-12-6-4-7-13-23/h4-17,22,25,27-29,37H,18-21,32H2,1-3H3,(H,34,38)(H,35,39)/t25-,27-,28-,29-/m0/s1. The molecular weight excluding hydrogens is 490 g/mol. The minimum Gasteiger partial charge on any atom is -0.391 e. The molecule has 1 heterocycles. The number of carbonyl (C=O) groups excluding carboxylic acids is 2. The van der Waals surface area contributed by atoms with Crippen molar-refractivity contribution in [3.63, 3.8) is 0 Å². The van der Waals surface area contributed by atoms with Crippen molar-refractivity contribution in [3.8, 4) is 0 Å². The van der Waals surface area contributed by atoms with Crippen LogP contribution in [0.1, 0.15) is 37.1 Å². The number of carbonyl (C=O) groups is 2. The van der Waals surface area contributed by atoms with Crippen LogP contribution < -0.4 is 16.4 Å². The highest BCUT2D eigenvalue weighted by atomic mass is 16.3. The predicted molar refractivity (Wildman–Crippen MR) is 154 cm³/mol. The summed E-state index contributed by atoms with van der Waals surface area (Å²) < 4.78 is 0. The van der Waals surface area contributed by atoms with Gasteiger partial charge in [0.1, 0.15) is 6.04 Å². The van der Waals surface area contributed by atoms with Crippen molar-refractivity contribution in [3.05, 3.63) is 102 Å². The van der Waals surface area contributed by atoms with Crippen LogP contribution in [0.2, 0.25) is 0 Å². The van der Waals surface area contributed by atoms with E-state index in [0.29, 0.717) is 25.8 Å². The number of urea groups is 1. The van der Waals surface area contributed by atoms with Crippen molar-refractivity contribution >= 4 is 11.9 Å². The molecule has 3 amide bonds. The Morgan fingerprint density at radius 3 is 2.05 bits per heavy atom. The number of aliphatic hydroxyl groups is 1. The molecule has 0 aliphatic heterocycles. The van der Waals surface area contributed by atoms with Gasteiger partial charge in [0, 0.05) is 19.3 Å². The quantitative estimate of drug-likeness (QED) is 0.270. The lowest BCUT2D eigenvalue weighted by molar-refractivity contribution is -0.125. The normalized spacial score (nSPS) is 14.2. The van der Waals surface area contributed by atoms with Crippen LogP contribution >= 0.6 is 0 Å². The highest BCUT2D eigenvalue weighted by molar-refractivity contribution is 5.87. The first-order chi connectivity index (χ1) is 18.7. The zero-order chi connectivity index (χ0) is 28.2. The zero-order valence-electron chi connectivity index (χ0n) is 23.0. The Hall–Kier alpha value is -3.75. The van der Waals surface area contributed by atoms with E-state index in [1.165, 1.54) is 4.90 Å². The molecule has 0 saturated carbocycles. The molecule has 3 aromatic rings. The Balaban J connectivity index is 1.68. The molecule has 1 aromatic heterocycles. The average Bonchev–Trinajstić information content (AvgIpc) is 2.92. The summed E-state index contributed by atoms with van der Waals surface area (Å²) in [6, 6.07) is 23.1. The molecule has 208 valence electrons. The smallest absolute Gasteiger partial charge is 0.318 e. The van der Waals surface area contributed by atoms with Gasteiger partial charge >= 0.3 is 6.03 Å². The maximum absolute atomic E-state index is 13.5. The van der Waals surface area contributed by atoms with Crippen LogP contribution in [-0.2, 0) is 24.2 Å². The molecule has 8 heteroatoms. The summed E-state index contributed by atoms with van der Waals surface area (Å²) >= 11 is 0. The highest BCUT2D eigenvalue weighted by Crippen LogP contribution is 2.14. The fourth-order valence-electron chi connectivity index (χ4n) is 4.48. The van der Waals surface area contributed by atoms with Gasteiger partial charge in [-0.25, -0.2) is 4.79 Å². The summed E-state index contributed by atoms with van der Waals surface area (Å²) in [7, 11) is 1.66. The lowest BCUT2D eigenvalue weighted by Crippen LogP contribution is -2.57. The Morgan fingerprint density at radius 2 is 1.49 bits per heavy atom. The van der Waals surface area contributed by atoms with Crippen LogP contribution in [-0.4, -0.2) is 58.2 Å². The van der Waals surface area contributed by atoms with Gasteiger partial charge in [-0.05, 0) is 48.4 Å². The molecule has 0 fully saturated rings. The summed E-state index contributed by atoms with van der Waals surface area (Å²) in [4.78, 5) is 32.2. The number of aromatic nitrogens is 1. The fourth-order valence-corrected chi connectivity index (χ4v) is 4.48. The van der Waals surface area contributed by atoms with E-state index in [1.54, 1.807) is 13.2 Å². The van der Waals surface area contributed by atoms with Crippen molar-refractivity contribution in [1.29, 1.82) is 0 Å². The van der Waals surface area contributed by atoms with E-state index in [0.717, 1.165) is 16.8 Å². The maximum atomic E-state index is 13.5. The third kappa shape index (κ3) is 9.81. The first-order valence-corrected chi connectivity index (χ1v) is 13.5. The maximum Gasteiger partial charge on any atom is 0.318 e. The van der Waals surface area contributed by atoms with Gasteiger partial charge in [-0.2, -0.15) is 0 Å². The number of pyridine rings is 1. The number of amides is 3. The Bertz CT molecular complexity index is 1140. The van der Waals surface area contributed by atoms with Crippen LogP contribution in [0.3, 0.4) is 0 Å². The molecule has 0 bridgehead atoms. The Labute approximate surface area is 231 Å². The number of benzene rings is 2. The van der Waals surface area contributed by atoms with Gasteiger partial charge in [0.15, 0.2) is 0 Å². The van der Waals surface area contributed by atoms with Crippen molar-refractivity contribution in [1.82, 2.24) is 20.5 Å². The van der Waals surface area contributed by atoms with Crippen molar-refractivity contribution in [2.45, 2.75) is 63.9 Å². The number of hydrogen-bond acceptors (Lipinski definition) is 5. The molecule has 0 radical (unpaired) electrons. The lowest BCUT2D eigenvalue weighted by atomic mass is 9.93. The van der Waals surface area contributed by atoms with Crippen LogP contribution in [0.4, 0.5) is 4.79 Å². The molecule has 0 saturated heterocycles. The van der Waals surface area contributed by atoms with Crippen molar-refractivity contribution in [2.75, 3.05) is 7.05 Å². The number of nitrogens with two attached hydrogens (primary N) is 1. The third-order valence-corrected chi connectivity index (χ3v) is 6.68. The fraction of sp³-hybridized carbons (Fsp3) is 0.387. The number of nitrogens with one attached hydrogen (secondary N) is 2. The summed E-state index contributed by atoms with van der Waals surface area (Å²) in [5.74, 6) is -0.520. The molecule has 0 aliphatic rings. The number of nitrogens with zero attached hydrogens (tertiary/aromatic N) is 2. The van der Waals surface area contributed by atoms with Crippen molar-refractivity contribution in [2.24, 2.45) is 11.7 Å². The van der Waals surface area contributed by atoms with E-state index < -0.39 is 18.2 Å². The first kappa shape index (κ1) is 29.8. The second kappa shape index (κ2) is 15.0. The highest BCUT2D eigenvalue weighted by Gasteiger charge is 2.30. The third-order valence-electron chi connectivity index (χ3n) is 6.68. The van der Waals surface area contributed by atoms with Gasteiger partial charge in [-0.1, -0.05) is 80.6 Å². The monoisotopic (exact) mass is 531 g/mol. The molecule has 3 rings (SSSR count). The minimum absolute atomic E-state index is 0.174. The van der Waals surface area contributed by atoms with E-state index >= 15 is 0 Å². The Morgan fingerprint density at radius 1 is 0.897 bits per heavy atom. The SMILES string of the molecule is CC(C)[C@H](NC(=O)N(C)Cc1ccccn1)C(=O)N[C@@H](Cc1ccccc1)[C@@H](O)C[C@@H](N)Cc1ccccc1. The van der Waals surface area contributed by atoms with Gasteiger partial charge in [-0.15, -0.1) is 0 Å². The minimum atomic E-state index is -0.872. The van der Waals surface area contributed by atoms with E-state index in [9.17, 15) is 14.7 Å². The second-order valence-electron chi connectivity index (χ2n) is 10.4. The van der Waals surface area contributed by atoms with Gasteiger partial charge in [0.25, 0.3) is 0 Å². The van der Waals surface area contributed by atoms with Crippen LogP contribution in [0.5, 0.6) is 0 Å². The van der Waals surface area contributed by atoms with E-state index in [4.69, 9.17) is 5.73 Å². The van der Waals surface area contributed by atoms with E-state index in [-0.39, 0.29) is 23.9 Å². The molecule has 8 nitrogen and oxygen atoms in total. The predicted octanol–water partition coefficient (Wildman–Crippen LogP) is 3.30. The van der Waals surface area contributed by atoms with Crippen molar-refractivity contribution < 1.29 is 14.7 Å². The van der Waals surface area contributed by atoms with Crippen LogP contribution in [0.25, 0.3) is 0 Å². The second-order valence-corrected chi connectivity index (χ2v) is 10.4. The van der Waals surface area contributed by atoms with Gasteiger partial charge in [0.05, 0.1) is 24.4 Å². The molecule has 0 spiro atoms. The van der Waals surface area contributed by atoms with Gasteiger partial charge in [-0.3, -0.25) is 9.78 Å². The molecule has 2 aromatic carbocycles. The van der Waals surface area contributed by atoms with Gasteiger partial charge in [0.2, 0.25) is 5.91 Å². The van der Waals surface area contributed by atoms with Crippen LogP contribution in [0, 0.1) is 5.92 Å². The molecule has 39 heavy (non-hydrogen) atoms. The zero-order valence-corrected chi connectivity index (χ0v) is 23.0. The number of aliphatic hydroxyl groups excluding tert-OH is 1. The topological polar surface area (TPSA) is 121 Å². The molecule has 4 atom stereocenters. The first-order valence-electron chi connectivity index (χ1n) is 13.5. The number of hydrogen-bond donors (Lipinski definition) is 4. The van der Waals surface area contributed by atoms with Crippen LogP contribution in [0.15, 0.2) is 85.1 Å². The Kier molecular flexibility index (Phi) is 11.5.